The van der Waals surface area contributed by atoms with Gasteiger partial charge in [-0.3, -0.25) is 4.90 Å². The van der Waals surface area contributed by atoms with Gasteiger partial charge >= 0.3 is 0 Å². The Kier molecular flexibility index (Phi) is 4.65. The summed E-state index contributed by atoms with van der Waals surface area (Å²) in [4.78, 5) is 4.90. The number of nitrogens with two attached hydrogens (primary N) is 1. The molecule has 1 heterocycles. The number of rotatable bonds is 3. The van der Waals surface area contributed by atoms with E-state index in [4.69, 9.17) is 5.73 Å². The molecule has 1 saturated heterocycles. The van der Waals surface area contributed by atoms with E-state index in [9.17, 15) is 0 Å². The largest absolute Gasteiger partial charge is 0.397 e. The number of nitrogen functional groups attached to an aromatic ring is 1. The summed E-state index contributed by atoms with van der Waals surface area (Å²) < 4.78 is 1.29. The third kappa shape index (κ3) is 3.68. The van der Waals surface area contributed by atoms with Gasteiger partial charge in [-0.15, -0.1) is 0 Å². The van der Waals surface area contributed by atoms with Gasteiger partial charge in [-0.2, -0.15) is 0 Å². The highest BCUT2D eigenvalue weighted by Crippen LogP contribution is 2.23. The van der Waals surface area contributed by atoms with Crippen molar-refractivity contribution in [3.05, 3.63) is 57.7 Å². The highest BCUT2D eigenvalue weighted by molar-refractivity contribution is 14.1. The maximum Gasteiger partial charge on any atom is 0.0600 e. The molecule has 0 amide bonds. The Bertz CT molecular complexity index is 589. The molecule has 4 heteroatoms. The Balaban J connectivity index is 1.58. The number of halogens is 1. The molecule has 21 heavy (non-hydrogen) atoms. The standard InChI is InChI=1S/C17H20IN3/c18-15-7-5-14(6-8-15)13-20-9-11-21(12-10-20)17-4-2-1-3-16(17)19/h1-8H,9-13,19H2. The van der Waals surface area contributed by atoms with Crippen LogP contribution >= 0.6 is 22.6 Å². The van der Waals surface area contributed by atoms with Crippen LogP contribution in [0.4, 0.5) is 11.4 Å². The lowest BCUT2D eigenvalue weighted by molar-refractivity contribution is 0.250. The van der Waals surface area contributed by atoms with E-state index in [1.54, 1.807) is 0 Å². The summed E-state index contributed by atoms with van der Waals surface area (Å²) in [6, 6.07) is 17.0. The van der Waals surface area contributed by atoms with Gasteiger partial charge in [-0.05, 0) is 52.4 Å². The first kappa shape index (κ1) is 14.7. The maximum absolute atomic E-state index is 6.07. The first-order valence-electron chi connectivity index (χ1n) is 7.28. The van der Waals surface area contributed by atoms with Gasteiger partial charge in [-0.1, -0.05) is 24.3 Å². The summed E-state index contributed by atoms with van der Waals surface area (Å²) in [7, 11) is 0. The molecule has 0 aliphatic carbocycles. The van der Waals surface area contributed by atoms with Gasteiger partial charge in [0.15, 0.2) is 0 Å². The molecule has 2 aromatic carbocycles. The molecule has 0 spiro atoms. The lowest BCUT2D eigenvalue weighted by Gasteiger charge is -2.36. The molecule has 110 valence electrons. The van der Waals surface area contributed by atoms with Gasteiger partial charge in [0.05, 0.1) is 11.4 Å². The summed E-state index contributed by atoms with van der Waals surface area (Å²) in [5.74, 6) is 0. The van der Waals surface area contributed by atoms with Crippen molar-refractivity contribution in [2.45, 2.75) is 6.54 Å². The van der Waals surface area contributed by atoms with Crippen LogP contribution < -0.4 is 10.6 Å². The van der Waals surface area contributed by atoms with Crippen LogP contribution in [0.1, 0.15) is 5.56 Å². The molecule has 2 aromatic rings. The van der Waals surface area contributed by atoms with Crippen LogP contribution in [0.5, 0.6) is 0 Å². The number of benzene rings is 2. The van der Waals surface area contributed by atoms with E-state index in [0.29, 0.717) is 0 Å². The number of piperazine rings is 1. The first-order chi connectivity index (χ1) is 10.2. The van der Waals surface area contributed by atoms with Crippen LogP contribution in [0.25, 0.3) is 0 Å². The van der Waals surface area contributed by atoms with Gasteiger partial charge in [-0.25, -0.2) is 0 Å². The molecule has 0 saturated carbocycles. The van der Waals surface area contributed by atoms with Crippen LogP contribution in [0, 0.1) is 3.57 Å². The molecule has 0 bridgehead atoms. The fraction of sp³-hybridized carbons (Fsp3) is 0.294. The van der Waals surface area contributed by atoms with Crippen LogP contribution in [-0.2, 0) is 6.54 Å². The lowest BCUT2D eigenvalue weighted by Crippen LogP contribution is -2.46. The summed E-state index contributed by atoms with van der Waals surface area (Å²) in [6.45, 7) is 5.28. The molecule has 3 nitrogen and oxygen atoms in total. The quantitative estimate of drug-likeness (QED) is 0.642. The third-order valence-corrected chi connectivity index (χ3v) is 4.69. The smallest absolute Gasteiger partial charge is 0.0600 e. The Labute approximate surface area is 139 Å². The van der Waals surface area contributed by atoms with Crippen molar-refractivity contribution in [1.29, 1.82) is 0 Å². The normalized spacial score (nSPS) is 16.1. The first-order valence-corrected chi connectivity index (χ1v) is 8.36. The van der Waals surface area contributed by atoms with E-state index in [1.807, 2.05) is 12.1 Å². The molecular weight excluding hydrogens is 373 g/mol. The van der Waals surface area contributed by atoms with Crippen molar-refractivity contribution in [3.8, 4) is 0 Å². The van der Waals surface area contributed by atoms with E-state index >= 15 is 0 Å². The molecule has 1 fully saturated rings. The Morgan fingerprint density at radius 2 is 1.57 bits per heavy atom. The van der Waals surface area contributed by atoms with E-state index in [0.717, 1.165) is 38.4 Å². The lowest BCUT2D eigenvalue weighted by atomic mass is 10.2. The average molecular weight is 393 g/mol. The second kappa shape index (κ2) is 6.66. The van der Waals surface area contributed by atoms with Gasteiger partial charge in [0, 0.05) is 36.3 Å². The number of hydrogen-bond donors (Lipinski definition) is 1. The minimum Gasteiger partial charge on any atom is -0.397 e. The Morgan fingerprint density at radius 3 is 2.24 bits per heavy atom. The van der Waals surface area contributed by atoms with Crippen molar-refractivity contribution in [2.75, 3.05) is 36.8 Å². The monoisotopic (exact) mass is 393 g/mol. The van der Waals surface area contributed by atoms with Crippen LogP contribution in [0.15, 0.2) is 48.5 Å². The minimum atomic E-state index is 0.878. The van der Waals surface area contributed by atoms with Crippen LogP contribution in [0.2, 0.25) is 0 Å². The zero-order chi connectivity index (χ0) is 14.7. The minimum absolute atomic E-state index is 0.878. The summed E-state index contributed by atoms with van der Waals surface area (Å²) in [5.41, 5.74) is 9.51. The van der Waals surface area contributed by atoms with Crippen LogP contribution in [0.3, 0.4) is 0 Å². The molecule has 1 aliphatic rings. The molecule has 1 aliphatic heterocycles. The number of anilines is 2. The fourth-order valence-electron chi connectivity index (χ4n) is 2.77. The van der Waals surface area contributed by atoms with Crippen molar-refractivity contribution in [1.82, 2.24) is 4.90 Å². The molecule has 3 rings (SSSR count). The Morgan fingerprint density at radius 1 is 0.905 bits per heavy atom. The van der Waals surface area contributed by atoms with Gasteiger partial charge < -0.3 is 10.6 Å². The van der Waals surface area contributed by atoms with Gasteiger partial charge in [0.2, 0.25) is 0 Å². The predicted octanol–water partition coefficient (Wildman–Crippen LogP) is 3.20. The summed E-state index contributed by atoms with van der Waals surface area (Å²) in [6.07, 6.45) is 0. The van der Waals surface area contributed by atoms with Gasteiger partial charge in [0.25, 0.3) is 0 Å². The van der Waals surface area contributed by atoms with Crippen molar-refractivity contribution in [3.63, 3.8) is 0 Å². The van der Waals surface area contributed by atoms with Crippen molar-refractivity contribution < 1.29 is 0 Å². The fourth-order valence-corrected chi connectivity index (χ4v) is 3.13. The molecule has 2 N–H and O–H groups in total. The number of hydrogen-bond acceptors (Lipinski definition) is 3. The molecule has 0 unspecified atom stereocenters. The Hall–Kier alpha value is -1.27. The molecule has 0 radical (unpaired) electrons. The van der Waals surface area contributed by atoms with E-state index in [1.165, 1.54) is 14.8 Å². The van der Waals surface area contributed by atoms with Crippen LogP contribution in [-0.4, -0.2) is 31.1 Å². The van der Waals surface area contributed by atoms with Gasteiger partial charge in [0.1, 0.15) is 0 Å². The average Bonchev–Trinajstić information content (AvgIpc) is 2.51. The van der Waals surface area contributed by atoms with E-state index < -0.39 is 0 Å². The van der Waals surface area contributed by atoms with E-state index in [2.05, 4.69) is 68.8 Å². The highest BCUT2D eigenvalue weighted by Gasteiger charge is 2.18. The maximum atomic E-state index is 6.07. The molecule has 0 aromatic heterocycles. The SMILES string of the molecule is Nc1ccccc1N1CCN(Cc2ccc(I)cc2)CC1. The topological polar surface area (TPSA) is 32.5 Å². The van der Waals surface area contributed by atoms with Crippen molar-refractivity contribution >= 4 is 34.0 Å². The second-order valence-corrected chi connectivity index (χ2v) is 6.69. The summed E-state index contributed by atoms with van der Waals surface area (Å²) >= 11 is 2.35. The van der Waals surface area contributed by atoms with E-state index in [-0.39, 0.29) is 0 Å². The number of para-hydroxylation sites is 2. The van der Waals surface area contributed by atoms with Crippen molar-refractivity contribution in [2.24, 2.45) is 0 Å². The number of nitrogens with zero attached hydrogens (tertiary/aromatic N) is 2. The highest BCUT2D eigenvalue weighted by atomic mass is 127. The third-order valence-electron chi connectivity index (χ3n) is 3.97. The predicted molar refractivity (Wildman–Crippen MR) is 97.5 cm³/mol. The zero-order valence-corrected chi connectivity index (χ0v) is 14.2. The second-order valence-electron chi connectivity index (χ2n) is 5.45. The zero-order valence-electron chi connectivity index (χ0n) is 12.0. The molecule has 0 atom stereocenters. The summed E-state index contributed by atoms with van der Waals surface area (Å²) in [5, 5.41) is 0. The molecular formula is C17H20IN3.